The summed E-state index contributed by atoms with van der Waals surface area (Å²) in [6, 6.07) is 6.57. The highest BCUT2D eigenvalue weighted by Crippen LogP contribution is 2.22. The molecule has 0 aliphatic heterocycles. The van der Waals surface area contributed by atoms with Gasteiger partial charge < -0.3 is 0 Å². The maximum absolute atomic E-state index is 4.35. The lowest BCUT2D eigenvalue weighted by Gasteiger charge is -2.04. The topological polar surface area (TPSA) is 0 Å². The zero-order valence-electron chi connectivity index (χ0n) is 7.21. The molecule has 0 radical (unpaired) electrons. The van der Waals surface area contributed by atoms with Crippen LogP contribution in [0.2, 0.25) is 0 Å². The molecule has 1 heteroatoms. The maximum atomic E-state index is 4.35. The van der Waals surface area contributed by atoms with Gasteiger partial charge in [0.2, 0.25) is 0 Å². The van der Waals surface area contributed by atoms with Gasteiger partial charge in [-0.25, -0.2) is 0 Å². The van der Waals surface area contributed by atoms with Crippen LogP contribution in [0.25, 0.3) is 0 Å². The lowest BCUT2D eigenvalue weighted by molar-refractivity contribution is 0.711. The van der Waals surface area contributed by atoms with Crippen LogP contribution in [-0.4, -0.2) is 0 Å². The molecule has 0 spiro atoms. The zero-order valence-corrected chi connectivity index (χ0v) is 8.11. The Balaban J connectivity index is 2.36. The molecule has 1 aromatic carbocycles. The Morgan fingerprint density at radius 3 is 2.50 bits per heavy atom. The van der Waals surface area contributed by atoms with Gasteiger partial charge in [0.05, 0.1) is 0 Å². The van der Waals surface area contributed by atoms with E-state index in [9.17, 15) is 0 Å². The Bertz CT molecular complexity index is 278. The minimum absolute atomic E-state index is 1.11. The third-order valence-corrected chi connectivity index (χ3v) is 2.86. The Morgan fingerprint density at radius 1 is 0.917 bits per heavy atom. The van der Waals surface area contributed by atoms with Crippen molar-refractivity contribution < 1.29 is 0 Å². The van der Waals surface area contributed by atoms with Crippen LogP contribution >= 0.6 is 12.6 Å². The van der Waals surface area contributed by atoms with Crippen molar-refractivity contribution in [2.24, 2.45) is 0 Å². The summed E-state index contributed by atoms with van der Waals surface area (Å²) < 4.78 is 0. The summed E-state index contributed by atoms with van der Waals surface area (Å²) >= 11 is 4.35. The number of fused-ring (bicyclic) bond motifs is 1. The summed E-state index contributed by atoms with van der Waals surface area (Å²) in [4.78, 5) is 1.11. The molecule has 0 fully saturated rings. The Kier molecular flexibility index (Phi) is 2.40. The summed E-state index contributed by atoms with van der Waals surface area (Å²) in [5, 5.41) is 0. The second-order valence-electron chi connectivity index (χ2n) is 3.51. The number of thiol groups is 1. The van der Waals surface area contributed by atoms with E-state index in [-0.39, 0.29) is 0 Å². The van der Waals surface area contributed by atoms with E-state index < -0.39 is 0 Å². The molecule has 0 amide bonds. The van der Waals surface area contributed by atoms with Crippen molar-refractivity contribution in [3.8, 4) is 0 Å². The van der Waals surface area contributed by atoms with Crippen molar-refractivity contribution in [1.29, 1.82) is 0 Å². The molecule has 1 aliphatic carbocycles. The molecule has 0 nitrogen and oxygen atoms in total. The minimum Gasteiger partial charge on any atom is -0.143 e. The largest absolute Gasteiger partial charge is 0.143 e. The van der Waals surface area contributed by atoms with Gasteiger partial charge in [-0.3, -0.25) is 0 Å². The molecule has 0 heterocycles. The molecule has 1 aliphatic rings. The molecule has 12 heavy (non-hydrogen) atoms. The first-order chi connectivity index (χ1) is 5.86. The maximum Gasteiger partial charge on any atom is 0.00429 e. The third kappa shape index (κ3) is 1.66. The van der Waals surface area contributed by atoms with Crippen molar-refractivity contribution in [3.05, 3.63) is 29.3 Å². The molecule has 0 saturated heterocycles. The van der Waals surface area contributed by atoms with Crippen LogP contribution in [0.3, 0.4) is 0 Å². The smallest absolute Gasteiger partial charge is 0.00429 e. The fourth-order valence-electron chi connectivity index (χ4n) is 1.90. The Labute approximate surface area is 79.4 Å². The zero-order chi connectivity index (χ0) is 8.39. The van der Waals surface area contributed by atoms with Crippen LogP contribution in [0, 0.1) is 0 Å². The average molecular weight is 178 g/mol. The summed E-state index contributed by atoms with van der Waals surface area (Å²) in [7, 11) is 0. The van der Waals surface area contributed by atoms with E-state index in [1.54, 1.807) is 5.56 Å². The molecule has 0 aromatic heterocycles. The Morgan fingerprint density at radius 2 is 1.67 bits per heavy atom. The fourth-order valence-corrected chi connectivity index (χ4v) is 2.13. The number of hydrogen-bond donors (Lipinski definition) is 1. The van der Waals surface area contributed by atoms with Crippen molar-refractivity contribution >= 4 is 12.6 Å². The van der Waals surface area contributed by atoms with Crippen molar-refractivity contribution in [1.82, 2.24) is 0 Å². The SMILES string of the molecule is Sc1ccc2c(c1)CCCCC2. The number of rotatable bonds is 0. The minimum atomic E-state index is 1.11. The van der Waals surface area contributed by atoms with Gasteiger partial charge in [0.15, 0.2) is 0 Å². The van der Waals surface area contributed by atoms with E-state index in [0.29, 0.717) is 0 Å². The predicted octanol–water partition coefficient (Wildman–Crippen LogP) is 3.24. The van der Waals surface area contributed by atoms with E-state index >= 15 is 0 Å². The highest BCUT2D eigenvalue weighted by Gasteiger charge is 2.06. The fraction of sp³-hybridized carbons (Fsp3) is 0.455. The van der Waals surface area contributed by atoms with Gasteiger partial charge in [0.25, 0.3) is 0 Å². The van der Waals surface area contributed by atoms with Crippen LogP contribution in [0.15, 0.2) is 23.1 Å². The standard InChI is InChI=1S/C11H14S/c12-11-7-6-9-4-2-1-3-5-10(9)8-11/h6-8,12H,1-5H2. The molecule has 0 bridgehead atoms. The van der Waals surface area contributed by atoms with E-state index in [0.717, 1.165) is 4.90 Å². The Hall–Kier alpha value is -0.430. The van der Waals surface area contributed by atoms with Crippen molar-refractivity contribution in [2.45, 2.75) is 37.0 Å². The van der Waals surface area contributed by atoms with Crippen LogP contribution in [-0.2, 0) is 12.8 Å². The molecular weight excluding hydrogens is 164 g/mol. The quantitative estimate of drug-likeness (QED) is 0.457. The van der Waals surface area contributed by atoms with Crippen molar-refractivity contribution in [3.63, 3.8) is 0 Å². The number of hydrogen-bond acceptors (Lipinski definition) is 1. The van der Waals surface area contributed by atoms with Gasteiger partial charge in [0, 0.05) is 4.90 Å². The van der Waals surface area contributed by atoms with Gasteiger partial charge in [-0.2, -0.15) is 0 Å². The van der Waals surface area contributed by atoms with Crippen LogP contribution < -0.4 is 0 Å². The molecule has 0 saturated carbocycles. The van der Waals surface area contributed by atoms with E-state index in [2.05, 4.69) is 30.8 Å². The lowest BCUT2D eigenvalue weighted by Crippen LogP contribution is -1.89. The first-order valence-corrected chi connectivity index (χ1v) is 5.12. The normalized spacial score (nSPS) is 16.8. The lowest BCUT2D eigenvalue weighted by atomic mass is 10.0. The van der Waals surface area contributed by atoms with E-state index in [1.165, 1.54) is 37.7 Å². The van der Waals surface area contributed by atoms with Gasteiger partial charge in [0.1, 0.15) is 0 Å². The highest BCUT2D eigenvalue weighted by molar-refractivity contribution is 7.80. The number of benzene rings is 1. The predicted molar refractivity (Wildman–Crippen MR) is 55.0 cm³/mol. The number of aryl methyl sites for hydroxylation is 2. The first kappa shape index (κ1) is 8.18. The van der Waals surface area contributed by atoms with Gasteiger partial charge in [-0.05, 0) is 48.9 Å². The first-order valence-electron chi connectivity index (χ1n) is 4.67. The van der Waals surface area contributed by atoms with Gasteiger partial charge in [-0.15, -0.1) is 12.6 Å². The average Bonchev–Trinajstić information content (AvgIpc) is 2.28. The molecular formula is C11H14S. The second kappa shape index (κ2) is 3.53. The third-order valence-electron chi connectivity index (χ3n) is 2.58. The summed E-state index contributed by atoms with van der Waals surface area (Å²) in [5.41, 5.74) is 3.07. The van der Waals surface area contributed by atoms with Gasteiger partial charge >= 0.3 is 0 Å². The van der Waals surface area contributed by atoms with Crippen molar-refractivity contribution in [2.75, 3.05) is 0 Å². The molecule has 0 atom stereocenters. The summed E-state index contributed by atoms with van der Waals surface area (Å²) in [6.07, 6.45) is 6.62. The molecule has 2 rings (SSSR count). The van der Waals surface area contributed by atoms with Crippen LogP contribution in [0.1, 0.15) is 30.4 Å². The molecule has 0 unspecified atom stereocenters. The van der Waals surface area contributed by atoms with Crippen LogP contribution in [0.4, 0.5) is 0 Å². The van der Waals surface area contributed by atoms with E-state index in [1.807, 2.05) is 0 Å². The molecule has 0 N–H and O–H groups in total. The van der Waals surface area contributed by atoms with Crippen LogP contribution in [0.5, 0.6) is 0 Å². The summed E-state index contributed by atoms with van der Waals surface area (Å²) in [5.74, 6) is 0. The monoisotopic (exact) mass is 178 g/mol. The summed E-state index contributed by atoms with van der Waals surface area (Å²) in [6.45, 7) is 0. The molecule has 1 aromatic rings. The van der Waals surface area contributed by atoms with Gasteiger partial charge in [-0.1, -0.05) is 12.5 Å². The highest BCUT2D eigenvalue weighted by atomic mass is 32.1. The van der Waals surface area contributed by atoms with E-state index in [4.69, 9.17) is 0 Å². The molecule has 64 valence electrons. The second-order valence-corrected chi connectivity index (χ2v) is 4.03.